The summed E-state index contributed by atoms with van der Waals surface area (Å²) < 4.78 is 18.1. The molecule has 0 radical (unpaired) electrons. The third kappa shape index (κ3) is 4.21. The molecule has 0 atom stereocenters. The Morgan fingerprint density at radius 1 is 1.00 bits per heavy atom. The molecular formula is C23H16ClFN4OS2. The molecule has 0 saturated carbocycles. The van der Waals surface area contributed by atoms with Gasteiger partial charge in [-0.2, -0.15) is 0 Å². The predicted molar refractivity (Wildman–Crippen MR) is 128 cm³/mol. The molecule has 5 nitrogen and oxygen atoms in total. The minimum absolute atomic E-state index is 0.0548. The van der Waals surface area contributed by atoms with E-state index < -0.39 is 0 Å². The molecule has 0 N–H and O–H groups in total. The molecule has 3 aromatic carbocycles. The standard InChI is InChI=1S/C23H16ClFN4OS2/c24-16-6-4-8-18(12-16)29-21(13-28-19-9-1-2-10-20(19)32-23(28)30)26-27-22(29)31-14-15-5-3-7-17(25)11-15/h1-12H,13-14H2. The molecule has 0 unspecified atom stereocenters. The van der Waals surface area contributed by atoms with E-state index in [9.17, 15) is 9.18 Å². The van der Waals surface area contributed by atoms with E-state index in [0.717, 1.165) is 21.5 Å². The molecule has 0 aliphatic rings. The minimum Gasteiger partial charge on any atom is -0.291 e. The van der Waals surface area contributed by atoms with Crippen LogP contribution in [0.2, 0.25) is 5.02 Å². The predicted octanol–water partition coefficient (Wildman–Crippen LogP) is 5.78. The molecule has 0 fully saturated rings. The van der Waals surface area contributed by atoms with E-state index in [4.69, 9.17) is 11.6 Å². The molecule has 0 amide bonds. The van der Waals surface area contributed by atoms with Crippen molar-refractivity contribution in [2.24, 2.45) is 0 Å². The first kappa shape index (κ1) is 20.9. The first-order chi connectivity index (χ1) is 15.6. The van der Waals surface area contributed by atoms with Gasteiger partial charge in [-0.25, -0.2) is 4.39 Å². The van der Waals surface area contributed by atoms with Crippen molar-refractivity contribution in [3.63, 3.8) is 0 Å². The number of benzene rings is 3. The lowest BCUT2D eigenvalue weighted by atomic mass is 10.2. The van der Waals surface area contributed by atoms with Gasteiger partial charge in [0, 0.05) is 10.8 Å². The number of thioether (sulfide) groups is 1. The maximum atomic E-state index is 13.6. The summed E-state index contributed by atoms with van der Waals surface area (Å²) >= 11 is 8.90. The molecule has 2 aromatic heterocycles. The Labute approximate surface area is 196 Å². The number of nitrogens with zero attached hydrogens (tertiary/aromatic N) is 4. The van der Waals surface area contributed by atoms with Crippen LogP contribution in [0.4, 0.5) is 4.39 Å². The van der Waals surface area contributed by atoms with Crippen LogP contribution in [0, 0.1) is 5.82 Å². The largest absolute Gasteiger partial charge is 0.308 e. The Morgan fingerprint density at radius 2 is 1.84 bits per heavy atom. The van der Waals surface area contributed by atoms with Crippen LogP contribution >= 0.6 is 34.7 Å². The first-order valence-corrected chi connectivity index (χ1v) is 11.9. The normalized spacial score (nSPS) is 11.3. The average Bonchev–Trinajstić information content (AvgIpc) is 3.33. The number of thiazole rings is 1. The van der Waals surface area contributed by atoms with Crippen molar-refractivity contribution in [1.29, 1.82) is 0 Å². The summed E-state index contributed by atoms with van der Waals surface area (Å²) in [6.07, 6.45) is 0. The van der Waals surface area contributed by atoms with Crippen LogP contribution in [0.25, 0.3) is 15.9 Å². The summed E-state index contributed by atoms with van der Waals surface area (Å²) in [5.74, 6) is 0.862. The number of rotatable bonds is 6. The van der Waals surface area contributed by atoms with Gasteiger partial charge in [0.2, 0.25) is 0 Å². The van der Waals surface area contributed by atoms with Crippen LogP contribution in [-0.2, 0) is 12.3 Å². The highest BCUT2D eigenvalue weighted by Gasteiger charge is 2.18. The van der Waals surface area contributed by atoms with E-state index >= 15 is 0 Å². The van der Waals surface area contributed by atoms with Crippen molar-refractivity contribution in [3.8, 4) is 5.69 Å². The SMILES string of the molecule is O=c1sc2ccccc2n1Cc1nnc(SCc2cccc(F)c2)n1-c1cccc(Cl)c1. The topological polar surface area (TPSA) is 52.7 Å². The minimum atomic E-state index is -0.274. The maximum absolute atomic E-state index is 13.6. The number of fused-ring (bicyclic) bond motifs is 1. The molecule has 32 heavy (non-hydrogen) atoms. The number of hydrogen-bond acceptors (Lipinski definition) is 5. The van der Waals surface area contributed by atoms with Gasteiger partial charge in [-0.05, 0) is 48.0 Å². The molecule has 5 rings (SSSR count). The van der Waals surface area contributed by atoms with E-state index in [2.05, 4.69) is 10.2 Å². The molecule has 9 heteroatoms. The van der Waals surface area contributed by atoms with Gasteiger partial charge in [0.1, 0.15) is 5.82 Å². The summed E-state index contributed by atoms with van der Waals surface area (Å²) in [6.45, 7) is 0.267. The van der Waals surface area contributed by atoms with Crippen molar-refractivity contribution in [2.75, 3.05) is 0 Å². The van der Waals surface area contributed by atoms with Gasteiger partial charge >= 0.3 is 4.87 Å². The number of hydrogen-bond donors (Lipinski definition) is 0. The quantitative estimate of drug-likeness (QED) is 0.288. The molecule has 160 valence electrons. The smallest absolute Gasteiger partial charge is 0.291 e. The number of aromatic nitrogens is 4. The monoisotopic (exact) mass is 482 g/mol. The second kappa shape index (κ2) is 8.90. The van der Waals surface area contributed by atoms with E-state index in [1.807, 2.05) is 53.1 Å². The Balaban J connectivity index is 1.55. The summed E-state index contributed by atoms with van der Waals surface area (Å²) in [7, 11) is 0. The fraction of sp³-hybridized carbons (Fsp3) is 0.0870. The fourth-order valence-corrected chi connectivity index (χ4v) is 5.44. The second-order valence-corrected chi connectivity index (χ2v) is 9.43. The summed E-state index contributed by atoms with van der Waals surface area (Å²) in [5.41, 5.74) is 2.50. The van der Waals surface area contributed by atoms with Crippen molar-refractivity contribution in [3.05, 3.63) is 105 Å². The Bertz CT molecular complexity index is 1480. The van der Waals surface area contributed by atoms with E-state index in [1.165, 1.54) is 35.2 Å². The third-order valence-electron chi connectivity index (χ3n) is 4.90. The lowest BCUT2D eigenvalue weighted by Gasteiger charge is -2.11. The summed E-state index contributed by atoms with van der Waals surface area (Å²) in [5, 5.41) is 9.99. The van der Waals surface area contributed by atoms with E-state index in [-0.39, 0.29) is 17.2 Å². The zero-order valence-electron chi connectivity index (χ0n) is 16.6. The van der Waals surface area contributed by atoms with Crippen LogP contribution in [0.3, 0.4) is 0 Å². The lowest BCUT2D eigenvalue weighted by molar-refractivity contribution is 0.626. The Hall–Kier alpha value is -2.94. The Morgan fingerprint density at radius 3 is 2.69 bits per heavy atom. The van der Waals surface area contributed by atoms with Crippen molar-refractivity contribution in [1.82, 2.24) is 19.3 Å². The molecule has 0 bridgehead atoms. The zero-order chi connectivity index (χ0) is 22.1. The van der Waals surface area contributed by atoms with Gasteiger partial charge in [-0.1, -0.05) is 65.0 Å². The van der Waals surface area contributed by atoms with Crippen molar-refractivity contribution in [2.45, 2.75) is 17.5 Å². The number of halogens is 2. The van der Waals surface area contributed by atoms with Crippen molar-refractivity contribution >= 4 is 44.9 Å². The van der Waals surface area contributed by atoms with Gasteiger partial charge in [-0.3, -0.25) is 13.9 Å². The molecule has 0 aliphatic carbocycles. The van der Waals surface area contributed by atoms with Crippen LogP contribution in [0.15, 0.2) is 82.7 Å². The van der Waals surface area contributed by atoms with Crippen LogP contribution in [-0.4, -0.2) is 19.3 Å². The zero-order valence-corrected chi connectivity index (χ0v) is 19.0. The molecular weight excluding hydrogens is 467 g/mol. The fourth-order valence-electron chi connectivity index (χ4n) is 3.45. The maximum Gasteiger partial charge on any atom is 0.308 e. The van der Waals surface area contributed by atoms with Gasteiger partial charge in [0.25, 0.3) is 0 Å². The van der Waals surface area contributed by atoms with Crippen LogP contribution < -0.4 is 4.87 Å². The highest BCUT2D eigenvalue weighted by Crippen LogP contribution is 2.27. The van der Waals surface area contributed by atoms with Crippen LogP contribution in [0.1, 0.15) is 11.4 Å². The molecule has 0 aliphatic heterocycles. The van der Waals surface area contributed by atoms with Crippen molar-refractivity contribution < 1.29 is 4.39 Å². The highest BCUT2D eigenvalue weighted by atomic mass is 35.5. The van der Waals surface area contributed by atoms with Gasteiger partial charge in [-0.15, -0.1) is 10.2 Å². The highest BCUT2D eigenvalue weighted by molar-refractivity contribution is 7.98. The van der Waals surface area contributed by atoms with Crippen LogP contribution in [0.5, 0.6) is 0 Å². The number of para-hydroxylation sites is 1. The molecule has 0 spiro atoms. The third-order valence-corrected chi connectivity index (χ3v) is 7.09. The van der Waals surface area contributed by atoms with E-state index in [1.54, 1.807) is 16.7 Å². The molecule has 0 saturated heterocycles. The summed E-state index contributed by atoms with van der Waals surface area (Å²) in [4.78, 5) is 12.6. The lowest BCUT2D eigenvalue weighted by Crippen LogP contribution is -2.16. The van der Waals surface area contributed by atoms with Gasteiger partial charge in [0.15, 0.2) is 11.0 Å². The Kier molecular flexibility index (Phi) is 5.82. The average molecular weight is 483 g/mol. The van der Waals surface area contributed by atoms with Gasteiger partial charge in [0.05, 0.1) is 22.4 Å². The summed E-state index contributed by atoms with van der Waals surface area (Å²) in [6, 6.07) is 21.6. The van der Waals surface area contributed by atoms with E-state index in [0.29, 0.717) is 21.8 Å². The second-order valence-electron chi connectivity index (χ2n) is 7.05. The van der Waals surface area contributed by atoms with Gasteiger partial charge < -0.3 is 0 Å². The molecule has 5 aromatic rings. The first-order valence-electron chi connectivity index (χ1n) is 9.74. The molecule has 2 heterocycles.